The lowest BCUT2D eigenvalue weighted by molar-refractivity contribution is 0.837. The van der Waals surface area contributed by atoms with Crippen LogP contribution in [0, 0.1) is 0 Å². The maximum absolute atomic E-state index is 5.92. The molecule has 0 bridgehead atoms. The van der Waals surface area contributed by atoms with Crippen molar-refractivity contribution < 1.29 is 0 Å². The number of imidazole rings is 1. The van der Waals surface area contributed by atoms with Gasteiger partial charge in [0.05, 0.1) is 0 Å². The normalized spacial score (nSPS) is 15.5. The predicted octanol–water partition coefficient (Wildman–Crippen LogP) is 1.31. The van der Waals surface area contributed by atoms with Crippen molar-refractivity contribution in [1.29, 1.82) is 0 Å². The fraction of sp³-hybridized carbons (Fsp3) is 0.400. The summed E-state index contributed by atoms with van der Waals surface area (Å²) in [5.41, 5.74) is 0. The molecule has 3 heterocycles. The number of aromatic nitrogens is 5. The Morgan fingerprint density at radius 1 is 1.06 bits per heavy atom. The highest BCUT2D eigenvalue weighted by Gasteiger charge is 2.17. The van der Waals surface area contributed by atoms with Crippen LogP contribution in [0.15, 0.2) is 18.7 Å². The van der Waals surface area contributed by atoms with Gasteiger partial charge in [-0.3, -0.25) is 4.57 Å². The average Bonchev–Trinajstić information content (AvgIpc) is 3.02. The minimum atomic E-state index is 0.214. The van der Waals surface area contributed by atoms with Crippen molar-refractivity contribution in [2.24, 2.45) is 0 Å². The second-order valence-electron chi connectivity index (χ2n) is 3.87. The summed E-state index contributed by atoms with van der Waals surface area (Å²) >= 11 is 5.92. The smallest absolute Gasteiger partial charge is 0.241 e. The summed E-state index contributed by atoms with van der Waals surface area (Å²) < 4.78 is 1.72. The maximum atomic E-state index is 5.92. The van der Waals surface area contributed by atoms with Crippen molar-refractivity contribution >= 4 is 17.5 Å². The minimum absolute atomic E-state index is 0.214. The van der Waals surface area contributed by atoms with Gasteiger partial charge in [0, 0.05) is 25.5 Å². The molecule has 3 rings (SSSR count). The zero-order valence-corrected chi connectivity index (χ0v) is 9.88. The molecule has 1 aliphatic rings. The molecule has 1 aliphatic heterocycles. The molecule has 0 aromatic carbocycles. The van der Waals surface area contributed by atoms with Crippen molar-refractivity contribution in [3.05, 3.63) is 24.0 Å². The van der Waals surface area contributed by atoms with Crippen LogP contribution in [0.2, 0.25) is 5.28 Å². The largest absolute Gasteiger partial charge is 0.341 e. The van der Waals surface area contributed by atoms with Crippen molar-refractivity contribution in [2.45, 2.75) is 12.8 Å². The zero-order chi connectivity index (χ0) is 11.7. The predicted molar refractivity (Wildman–Crippen MR) is 63.4 cm³/mol. The Morgan fingerprint density at radius 3 is 2.53 bits per heavy atom. The van der Waals surface area contributed by atoms with Gasteiger partial charge in [0.25, 0.3) is 0 Å². The minimum Gasteiger partial charge on any atom is -0.341 e. The highest BCUT2D eigenvalue weighted by Crippen LogP contribution is 2.18. The maximum Gasteiger partial charge on any atom is 0.241 e. The SMILES string of the molecule is Clc1nc(N2CCCC2)nc(-n2ccnc2)n1. The Balaban J connectivity index is 2.00. The molecule has 0 aliphatic carbocycles. The second kappa shape index (κ2) is 4.29. The molecule has 0 spiro atoms. The molecule has 2 aromatic rings. The number of rotatable bonds is 2. The Hall–Kier alpha value is -1.69. The van der Waals surface area contributed by atoms with Gasteiger partial charge in [0.15, 0.2) is 0 Å². The lowest BCUT2D eigenvalue weighted by atomic mass is 10.4. The first-order chi connectivity index (χ1) is 8.33. The molecule has 0 radical (unpaired) electrons. The second-order valence-corrected chi connectivity index (χ2v) is 4.21. The number of hydrogen-bond acceptors (Lipinski definition) is 5. The molecule has 0 N–H and O–H groups in total. The van der Waals surface area contributed by atoms with E-state index in [1.807, 2.05) is 0 Å². The lowest BCUT2D eigenvalue weighted by Crippen LogP contribution is -2.21. The van der Waals surface area contributed by atoms with Crippen LogP contribution in [0.1, 0.15) is 12.8 Å². The topological polar surface area (TPSA) is 59.7 Å². The highest BCUT2D eigenvalue weighted by molar-refractivity contribution is 6.28. The summed E-state index contributed by atoms with van der Waals surface area (Å²) in [6.45, 7) is 1.95. The van der Waals surface area contributed by atoms with Crippen molar-refractivity contribution in [3.8, 4) is 5.95 Å². The highest BCUT2D eigenvalue weighted by atomic mass is 35.5. The summed E-state index contributed by atoms with van der Waals surface area (Å²) in [6.07, 6.45) is 7.43. The van der Waals surface area contributed by atoms with Crippen LogP contribution in [0.25, 0.3) is 5.95 Å². The van der Waals surface area contributed by atoms with Crippen LogP contribution in [0.3, 0.4) is 0 Å². The third-order valence-corrected chi connectivity index (χ3v) is 2.88. The van der Waals surface area contributed by atoms with Gasteiger partial charge in [0.2, 0.25) is 17.2 Å². The molecule has 0 saturated carbocycles. The van der Waals surface area contributed by atoms with E-state index < -0.39 is 0 Å². The van der Waals surface area contributed by atoms with E-state index in [0.29, 0.717) is 11.9 Å². The lowest BCUT2D eigenvalue weighted by Gasteiger charge is -2.15. The molecule has 6 nitrogen and oxygen atoms in total. The van der Waals surface area contributed by atoms with E-state index in [4.69, 9.17) is 11.6 Å². The van der Waals surface area contributed by atoms with Gasteiger partial charge in [-0.25, -0.2) is 4.98 Å². The Labute approximate surface area is 103 Å². The van der Waals surface area contributed by atoms with Crippen LogP contribution in [0.5, 0.6) is 0 Å². The summed E-state index contributed by atoms with van der Waals surface area (Å²) in [5.74, 6) is 1.15. The molecule has 1 saturated heterocycles. The summed E-state index contributed by atoms with van der Waals surface area (Å²) in [7, 11) is 0. The third-order valence-electron chi connectivity index (χ3n) is 2.71. The number of hydrogen-bond donors (Lipinski definition) is 0. The van der Waals surface area contributed by atoms with Gasteiger partial charge in [0.1, 0.15) is 6.33 Å². The fourth-order valence-electron chi connectivity index (χ4n) is 1.88. The van der Waals surface area contributed by atoms with E-state index in [9.17, 15) is 0 Å². The first kappa shape index (κ1) is 10.5. The zero-order valence-electron chi connectivity index (χ0n) is 9.12. The van der Waals surface area contributed by atoms with Gasteiger partial charge in [-0.2, -0.15) is 15.0 Å². The van der Waals surface area contributed by atoms with Gasteiger partial charge >= 0.3 is 0 Å². The van der Waals surface area contributed by atoms with Crippen LogP contribution in [0.4, 0.5) is 5.95 Å². The van der Waals surface area contributed by atoms with Gasteiger partial charge in [-0.05, 0) is 24.4 Å². The molecule has 88 valence electrons. The van der Waals surface area contributed by atoms with Crippen LogP contribution >= 0.6 is 11.6 Å². The number of anilines is 1. The molecule has 2 aromatic heterocycles. The van der Waals surface area contributed by atoms with E-state index in [-0.39, 0.29) is 5.28 Å². The molecule has 17 heavy (non-hydrogen) atoms. The molecule has 1 fully saturated rings. The first-order valence-electron chi connectivity index (χ1n) is 5.48. The molecule has 7 heteroatoms. The van der Waals surface area contributed by atoms with Crippen molar-refractivity contribution in [2.75, 3.05) is 18.0 Å². The van der Waals surface area contributed by atoms with Crippen molar-refractivity contribution in [3.63, 3.8) is 0 Å². The Morgan fingerprint density at radius 2 is 1.82 bits per heavy atom. The van der Waals surface area contributed by atoms with Gasteiger partial charge in [-0.15, -0.1) is 0 Å². The molecular formula is C10H11ClN6. The Bertz CT molecular complexity index is 506. The quantitative estimate of drug-likeness (QED) is 0.804. The van der Waals surface area contributed by atoms with Crippen LogP contribution < -0.4 is 4.90 Å². The summed E-state index contributed by atoms with van der Waals surface area (Å²) in [5, 5.41) is 0.214. The van der Waals surface area contributed by atoms with E-state index in [1.165, 1.54) is 12.8 Å². The van der Waals surface area contributed by atoms with E-state index in [1.54, 1.807) is 23.3 Å². The summed E-state index contributed by atoms with van der Waals surface area (Å²) in [6, 6.07) is 0. The molecular weight excluding hydrogens is 240 g/mol. The van der Waals surface area contributed by atoms with Gasteiger partial charge < -0.3 is 4.90 Å². The average molecular weight is 251 g/mol. The monoisotopic (exact) mass is 250 g/mol. The molecule has 0 amide bonds. The van der Waals surface area contributed by atoms with Crippen LogP contribution in [-0.2, 0) is 0 Å². The van der Waals surface area contributed by atoms with Gasteiger partial charge in [-0.1, -0.05) is 0 Å². The molecule has 0 atom stereocenters. The third kappa shape index (κ3) is 2.08. The fourth-order valence-corrected chi connectivity index (χ4v) is 2.03. The van der Waals surface area contributed by atoms with E-state index in [0.717, 1.165) is 13.1 Å². The first-order valence-corrected chi connectivity index (χ1v) is 5.85. The van der Waals surface area contributed by atoms with E-state index in [2.05, 4.69) is 24.8 Å². The summed E-state index contributed by atoms with van der Waals surface area (Å²) in [4.78, 5) is 18.7. The Kier molecular flexibility index (Phi) is 2.64. The van der Waals surface area contributed by atoms with E-state index >= 15 is 0 Å². The number of halogens is 1. The standard InChI is InChI=1S/C10H11ClN6/c11-8-13-9(16-4-1-2-5-16)15-10(14-8)17-6-3-12-7-17/h3,6-7H,1-2,4-5H2. The van der Waals surface area contributed by atoms with Crippen LogP contribution in [-0.4, -0.2) is 37.6 Å². The van der Waals surface area contributed by atoms with Crippen molar-refractivity contribution in [1.82, 2.24) is 24.5 Å². The number of nitrogens with zero attached hydrogens (tertiary/aromatic N) is 6. The molecule has 0 unspecified atom stereocenters.